The minimum Gasteiger partial charge on any atom is -0.506 e. The number of guanidine groups is 1. The van der Waals surface area contributed by atoms with Gasteiger partial charge in [0.1, 0.15) is 5.75 Å². The number of phenols is 1. The predicted molar refractivity (Wildman–Crippen MR) is 130 cm³/mol. The van der Waals surface area contributed by atoms with Crippen LogP contribution in [0.5, 0.6) is 5.75 Å². The zero-order valence-electron chi connectivity index (χ0n) is 17.1. The number of halogens is 1. The first kappa shape index (κ1) is 23.7. The Bertz CT molecular complexity index is 825. The maximum atomic E-state index is 12.1. The van der Waals surface area contributed by atoms with Crippen LogP contribution in [-0.4, -0.2) is 72.7 Å². The van der Waals surface area contributed by atoms with Crippen molar-refractivity contribution in [3.8, 4) is 5.75 Å². The summed E-state index contributed by atoms with van der Waals surface area (Å²) in [5, 5.41) is 16.3. The van der Waals surface area contributed by atoms with E-state index in [4.69, 9.17) is 0 Å². The highest BCUT2D eigenvalue weighted by molar-refractivity contribution is 14.0. The molecule has 0 radical (unpaired) electrons. The molecule has 1 aromatic carbocycles. The van der Waals surface area contributed by atoms with E-state index in [-0.39, 0.29) is 29.9 Å². The van der Waals surface area contributed by atoms with E-state index in [9.17, 15) is 9.90 Å². The lowest BCUT2D eigenvalue weighted by molar-refractivity contribution is 0.0954. The first-order chi connectivity index (χ1) is 14.2. The van der Waals surface area contributed by atoms with Crippen LogP contribution in [0.1, 0.15) is 17.3 Å². The van der Waals surface area contributed by atoms with Gasteiger partial charge in [-0.1, -0.05) is 12.1 Å². The van der Waals surface area contributed by atoms with Gasteiger partial charge in [-0.2, -0.15) is 0 Å². The number of anilines is 1. The van der Waals surface area contributed by atoms with Gasteiger partial charge in [0.15, 0.2) is 5.96 Å². The number of pyridine rings is 1. The van der Waals surface area contributed by atoms with E-state index in [1.807, 2.05) is 25.1 Å². The minimum atomic E-state index is -0.144. The molecule has 3 rings (SSSR count). The second-order valence-electron chi connectivity index (χ2n) is 6.70. The summed E-state index contributed by atoms with van der Waals surface area (Å²) in [4.78, 5) is 25.1. The van der Waals surface area contributed by atoms with Gasteiger partial charge in [-0.15, -0.1) is 24.0 Å². The largest absolute Gasteiger partial charge is 0.506 e. The van der Waals surface area contributed by atoms with Gasteiger partial charge in [0, 0.05) is 51.7 Å². The van der Waals surface area contributed by atoms with Crippen molar-refractivity contribution in [2.24, 2.45) is 4.99 Å². The second kappa shape index (κ2) is 12.2. The molecule has 0 unspecified atom stereocenters. The highest BCUT2D eigenvalue weighted by atomic mass is 127. The maximum absolute atomic E-state index is 12.1. The van der Waals surface area contributed by atoms with Gasteiger partial charge in [-0.05, 0) is 31.2 Å². The van der Waals surface area contributed by atoms with Crippen LogP contribution < -0.4 is 15.5 Å². The Balaban J connectivity index is 0.00000320. The molecule has 0 atom stereocenters. The topological polar surface area (TPSA) is 93.1 Å². The van der Waals surface area contributed by atoms with Crippen LogP contribution in [0.15, 0.2) is 53.8 Å². The van der Waals surface area contributed by atoms with Crippen molar-refractivity contribution in [1.29, 1.82) is 0 Å². The number of hydrogen-bond donors (Lipinski definition) is 3. The lowest BCUT2D eigenvalue weighted by atomic mass is 10.2. The number of piperazine rings is 1. The number of carbonyl (C=O) groups is 1. The van der Waals surface area contributed by atoms with E-state index < -0.39 is 0 Å². The number of aromatic nitrogens is 1. The number of para-hydroxylation sites is 2. The lowest BCUT2D eigenvalue weighted by Crippen LogP contribution is -2.52. The molecule has 3 N–H and O–H groups in total. The molecule has 0 aliphatic carbocycles. The van der Waals surface area contributed by atoms with Crippen molar-refractivity contribution in [1.82, 2.24) is 20.5 Å². The highest BCUT2D eigenvalue weighted by Crippen LogP contribution is 2.27. The SMILES string of the molecule is CCNC(=NCCNC(=O)c1cccnc1)N1CCN(c2ccccc2O)CC1.I. The number of nitrogens with zero attached hydrogens (tertiary/aromatic N) is 4. The third kappa shape index (κ3) is 6.48. The van der Waals surface area contributed by atoms with Crippen LogP contribution in [0, 0.1) is 0 Å². The Labute approximate surface area is 194 Å². The van der Waals surface area contributed by atoms with E-state index in [0.29, 0.717) is 24.4 Å². The van der Waals surface area contributed by atoms with Crippen molar-refractivity contribution in [2.75, 3.05) is 50.7 Å². The van der Waals surface area contributed by atoms with Gasteiger partial charge >= 0.3 is 0 Å². The molecule has 2 heterocycles. The van der Waals surface area contributed by atoms with Gasteiger partial charge in [0.05, 0.1) is 17.8 Å². The average molecular weight is 524 g/mol. The summed E-state index contributed by atoms with van der Waals surface area (Å²) in [6, 6.07) is 10.9. The molecule has 162 valence electrons. The van der Waals surface area contributed by atoms with Crippen LogP contribution in [-0.2, 0) is 0 Å². The summed E-state index contributed by atoms with van der Waals surface area (Å²) in [5.74, 6) is 1.01. The maximum Gasteiger partial charge on any atom is 0.252 e. The number of nitrogens with one attached hydrogen (secondary N) is 2. The monoisotopic (exact) mass is 524 g/mol. The van der Waals surface area contributed by atoms with Crippen LogP contribution in [0.25, 0.3) is 0 Å². The van der Waals surface area contributed by atoms with Crippen molar-refractivity contribution >= 4 is 41.5 Å². The first-order valence-corrected chi connectivity index (χ1v) is 9.93. The van der Waals surface area contributed by atoms with Gasteiger partial charge in [0.25, 0.3) is 5.91 Å². The highest BCUT2D eigenvalue weighted by Gasteiger charge is 2.21. The van der Waals surface area contributed by atoms with Gasteiger partial charge in [-0.3, -0.25) is 14.8 Å². The third-order valence-corrected chi connectivity index (χ3v) is 4.72. The Hall–Kier alpha value is -2.56. The molecule has 0 saturated carbocycles. The van der Waals surface area contributed by atoms with E-state index in [1.54, 1.807) is 30.6 Å². The summed E-state index contributed by atoms with van der Waals surface area (Å²) in [6.45, 7) is 7.00. The Morgan fingerprint density at radius 3 is 2.57 bits per heavy atom. The summed E-state index contributed by atoms with van der Waals surface area (Å²) in [5.41, 5.74) is 1.41. The average Bonchev–Trinajstić information content (AvgIpc) is 2.77. The number of rotatable bonds is 6. The normalized spacial score (nSPS) is 14.1. The Kier molecular flexibility index (Phi) is 9.65. The van der Waals surface area contributed by atoms with Crippen molar-refractivity contribution in [3.63, 3.8) is 0 Å². The fraction of sp³-hybridized carbons (Fsp3) is 0.381. The quantitative estimate of drug-likeness (QED) is 0.232. The summed E-state index contributed by atoms with van der Waals surface area (Å²) in [7, 11) is 0. The first-order valence-electron chi connectivity index (χ1n) is 9.93. The molecule has 30 heavy (non-hydrogen) atoms. The van der Waals surface area contributed by atoms with E-state index in [1.165, 1.54) is 0 Å². The van der Waals surface area contributed by atoms with Crippen molar-refractivity contribution < 1.29 is 9.90 Å². The molecule has 1 aliphatic rings. The zero-order chi connectivity index (χ0) is 20.5. The standard InChI is InChI=1S/C21H28N6O2.HI/c1-2-23-21(25-11-10-24-20(29)17-6-5-9-22-16-17)27-14-12-26(13-15-27)18-7-3-4-8-19(18)28;/h3-9,16,28H,2,10-15H2,1H3,(H,23,25)(H,24,29);1H. The molecule has 1 fully saturated rings. The second-order valence-corrected chi connectivity index (χ2v) is 6.70. The molecule has 9 heteroatoms. The summed E-state index contributed by atoms with van der Waals surface area (Å²) >= 11 is 0. The number of phenolic OH excluding ortho intramolecular Hbond substituents is 1. The number of carbonyl (C=O) groups excluding carboxylic acids is 1. The van der Waals surface area contributed by atoms with Crippen molar-refractivity contribution in [2.45, 2.75) is 6.92 Å². The smallest absolute Gasteiger partial charge is 0.252 e. The molecule has 1 aliphatic heterocycles. The number of aromatic hydroxyl groups is 1. The minimum absolute atomic E-state index is 0. The number of hydrogen-bond acceptors (Lipinski definition) is 5. The molecular formula is C21H29IN6O2. The number of aliphatic imine (C=N–C) groups is 1. The predicted octanol–water partition coefficient (Wildman–Crippen LogP) is 1.92. The fourth-order valence-electron chi connectivity index (χ4n) is 3.25. The third-order valence-electron chi connectivity index (χ3n) is 4.72. The molecular weight excluding hydrogens is 495 g/mol. The van der Waals surface area contributed by atoms with Gasteiger partial charge in [0.2, 0.25) is 0 Å². The number of amides is 1. The summed E-state index contributed by atoms with van der Waals surface area (Å²) in [6.07, 6.45) is 3.19. The van der Waals surface area contributed by atoms with E-state index in [2.05, 4.69) is 30.4 Å². The van der Waals surface area contributed by atoms with Gasteiger partial charge < -0.3 is 25.5 Å². The van der Waals surface area contributed by atoms with E-state index >= 15 is 0 Å². The van der Waals surface area contributed by atoms with Crippen LogP contribution in [0.4, 0.5) is 5.69 Å². The van der Waals surface area contributed by atoms with Gasteiger partial charge in [-0.25, -0.2) is 0 Å². The lowest BCUT2D eigenvalue weighted by Gasteiger charge is -2.37. The van der Waals surface area contributed by atoms with E-state index in [0.717, 1.165) is 44.4 Å². The molecule has 1 aromatic heterocycles. The van der Waals surface area contributed by atoms with Crippen LogP contribution in [0.2, 0.25) is 0 Å². The molecule has 8 nitrogen and oxygen atoms in total. The summed E-state index contributed by atoms with van der Waals surface area (Å²) < 4.78 is 0. The molecule has 0 spiro atoms. The van der Waals surface area contributed by atoms with Crippen LogP contribution >= 0.6 is 24.0 Å². The Morgan fingerprint density at radius 2 is 1.90 bits per heavy atom. The Morgan fingerprint density at radius 1 is 1.13 bits per heavy atom. The van der Waals surface area contributed by atoms with Crippen molar-refractivity contribution in [3.05, 3.63) is 54.4 Å². The molecule has 0 bridgehead atoms. The fourth-order valence-corrected chi connectivity index (χ4v) is 3.25. The number of benzene rings is 1. The zero-order valence-corrected chi connectivity index (χ0v) is 19.5. The molecule has 1 saturated heterocycles. The van der Waals surface area contributed by atoms with Crippen LogP contribution in [0.3, 0.4) is 0 Å². The molecule has 1 amide bonds. The molecule has 2 aromatic rings.